The summed E-state index contributed by atoms with van der Waals surface area (Å²) in [5.74, 6) is -0.285. The number of fused-ring (bicyclic) bond motifs is 2. The molecule has 1 aromatic carbocycles. The third kappa shape index (κ3) is 1.64. The number of hydrogen-bond donors (Lipinski definition) is 1. The van der Waals surface area contributed by atoms with Crippen LogP contribution >= 0.6 is 0 Å². The predicted molar refractivity (Wildman–Crippen MR) is 77.7 cm³/mol. The van der Waals surface area contributed by atoms with Crippen LogP contribution in [0.5, 0.6) is 0 Å². The molecule has 110 valence electrons. The second kappa shape index (κ2) is 4.19. The summed E-state index contributed by atoms with van der Waals surface area (Å²) in [4.78, 5) is 0. The van der Waals surface area contributed by atoms with Gasteiger partial charge in [0.2, 0.25) is 0 Å². The van der Waals surface area contributed by atoms with Crippen molar-refractivity contribution >= 4 is 5.69 Å². The Bertz CT molecular complexity index is 552. The molecule has 0 aliphatic heterocycles. The smallest absolute Gasteiger partial charge is 0.152 e. The first-order chi connectivity index (χ1) is 9.27. The van der Waals surface area contributed by atoms with E-state index in [9.17, 15) is 8.78 Å². The predicted octanol–water partition coefficient (Wildman–Crippen LogP) is 4.90. The number of nitrogens with one attached hydrogen (secondary N) is 1. The largest absolute Gasteiger partial charge is 0.377 e. The second-order valence-electron chi connectivity index (χ2n) is 7.36. The lowest BCUT2D eigenvalue weighted by molar-refractivity contribution is 0.142. The maximum absolute atomic E-state index is 14.2. The highest BCUT2D eigenvalue weighted by atomic mass is 19.1. The Kier molecular flexibility index (Phi) is 2.90. The fourth-order valence-corrected chi connectivity index (χ4v) is 4.39. The second-order valence-corrected chi connectivity index (χ2v) is 7.36. The van der Waals surface area contributed by atoms with E-state index < -0.39 is 11.6 Å². The molecule has 0 heterocycles. The van der Waals surface area contributed by atoms with Crippen LogP contribution in [0.2, 0.25) is 0 Å². The summed E-state index contributed by atoms with van der Waals surface area (Å²) < 4.78 is 28.1. The number of anilines is 1. The van der Waals surface area contributed by atoms with E-state index in [1.807, 2.05) is 0 Å². The molecule has 2 fully saturated rings. The molecule has 2 saturated carbocycles. The van der Waals surface area contributed by atoms with E-state index in [2.05, 4.69) is 26.1 Å². The van der Waals surface area contributed by atoms with Gasteiger partial charge >= 0.3 is 0 Å². The molecule has 2 aliphatic carbocycles. The van der Waals surface area contributed by atoms with Crippen molar-refractivity contribution in [1.29, 1.82) is 0 Å². The van der Waals surface area contributed by atoms with Gasteiger partial charge in [0.05, 0.1) is 0 Å². The summed E-state index contributed by atoms with van der Waals surface area (Å²) in [7, 11) is 0. The lowest BCUT2D eigenvalue weighted by Gasteiger charge is -2.40. The van der Waals surface area contributed by atoms with Crippen LogP contribution in [0.15, 0.2) is 12.1 Å². The van der Waals surface area contributed by atoms with Gasteiger partial charge in [-0.25, -0.2) is 8.78 Å². The van der Waals surface area contributed by atoms with Gasteiger partial charge in [-0.1, -0.05) is 26.8 Å². The van der Waals surface area contributed by atoms with Gasteiger partial charge in [-0.2, -0.15) is 0 Å². The van der Waals surface area contributed by atoms with Gasteiger partial charge in [0.15, 0.2) is 5.82 Å². The lowest BCUT2D eigenvalue weighted by Crippen LogP contribution is -2.40. The molecule has 3 heteroatoms. The Morgan fingerprint density at radius 3 is 2.45 bits per heavy atom. The molecule has 0 amide bonds. The van der Waals surface area contributed by atoms with Crippen molar-refractivity contribution in [2.45, 2.75) is 53.0 Å². The van der Waals surface area contributed by atoms with E-state index >= 15 is 0 Å². The van der Waals surface area contributed by atoms with Crippen molar-refractivity contribution in [3.8, 4) is 0 Å². The minimum Gasteiger partial charge on any atom is -0.377 e. The molecule has 1 nitrogen and oxygen atoms in total. The van der Waals surface area contributed by atoms with E-state index in [1.165, 1.54) is 18.6 Å². The van der Waals surface area contributed by atoms with E-state index in [0.717, 1.165) is 12.8 Å². The maximum Gasteiger partial charge on any atom is 0.152 e. The van der Waals surface area contributed by atoms with Gasteiger partial charge < -0.3 is 5.32 Å². The number of benzene rings is 1. The highest BCUT2D eigenvalue weighted by molar-refractivity contribution is 5.50. The Balaban J connectivity index is 1.93. The normalized spacial score (nSPS) is 34.5. The molecular formula is C17H23F2N. The van der Waals surface area contributed by atoms with Crippen molar-refractivity contribution in [1.82, 2.24) is 0 Å². The first-order valence-electron chi connectivity index (χ1n) is 7.48. The van der Waals surface area contributed by atoms with Crippen LogP contribution in [-0.4, -0.2) is 6.04 Å². The van der Waals surface area contributed by atoms with Crippen LogP contribution in [0, 0.1) is 35.3 Å². The summed E-state index contributed by atoms with van der Waals surface area (Å²) in [6.07, 6.45) is 3.38. The van der Waals surface area contributed by atoms with Gasteiger partial charge in [-0.15, -0.1) is 0 Å². The highest BCUT2D eigenvalue weighted by Gasteiger charge is 2.61. The van der Waals surface area contributed by atoms with Gasteiger partial charge in [0.25, 0.3) is 0 Å². The third-order valence-corrected chi connectivity index (χ3v) is 6.40. The number of aryl methyl sites for hydroxylation is 1. The molecule has 1 N–H and O–H groups in total. The van der Waals surface area contributed by atoms with E-state index in [-0.39, 0.29) is 22.6 Å². The summed E-state index contributed by atoms with van der Waals surface area (Å²) in [5, 5.41) is 3.20. The average molecular weight is 279 g/mol. The molecule has 3 atom stereocenters. The fourth-order valence-electron chi connectivity index (χ4n) is 4.39. The summed E-state index contributed by atoms with van der Waals surface area (Å²) in [6, 6.07) is 2.99. The molecule has 0 saturated heterocycles. The summed E-state index contributed by atoms with van der Waals surface area (Å²) in [5.41, 5.74) is 0.892. The fraction of sp³-hybridized carbons (Fsp3) is 0.647. The van der Waals surface area contributed by atoms with E-state index in [4.69, 9.17) is 0 Å². The molecule has 3 unspecified atom stereocenters. The third-order valence-electron chi connectivity index (χ3n) is 6.40. The molecule has 1 aromatic rings. The number of hydrogen-bond acceptors (Lipinski definition) is 1. The van der Waals surface area contributed by atoms with Crippen molar-refractivity contribution < 1.29 is 8.78 Å². The minimum atomic E-state index is -0.489. The quantitative estimate of drug-likeness (QED) is 0.812. The van der Waals surface area contributed by atoms with Crippen molar-refractivity contribution in [3.63, 3.8) is 0 Å². The van der Waals surface area contributed by atoms with E-state index in [1.54, 1.807) is 6.92 Å². The first kappa shape index (κ1) is 13.8. The molecule has 2 aliphatic rings. The molecule has 2 bridgehead atoms. The van der Waals surface area contributed by atoms with Gasteiger partial charge in [-0.05, 0) is 54.6 Å². The van der Waals surface area contributed by atoms with Crippen LogP contribution in [0.1, 0.15) is 45.6 Å². The van der Waals surface area contributed by atoms with Gasteiger partial charge in [-0.3, -0.25) is 0 Å². The van der Waals surface area contributed by atoms with Crippen LogP contribution < -0.4 is 5.32 Å². The zero-order chi connectivity index (χ0) is 14.7. The number of rotatable bonds is 2. The van der Waals surface area contributed by atoms with Crippen LogP contribution in [-0.2, 0) is 0 Å². The zero-order valence-corrected chi connectivity index (χ0v) is 12.7. The topological polar surface area (TPSA) is 12.0 Å². The monoisotopic (exact) mass is 279 g/mol. The van der Waals surface area contributed by atoms with Crippen molar-refractivity contribution in [2.24, 2.45) is 16.7 Å². The van der Waals surface area contributed by atoms with Crippen molar-refractivity contribution in [2.75, 3.05) is 5.32 Å². The maximum atomic E-state index is 14.2. The molecule has 0 radical (unpaired) electrons. The Morgan fingerprint density at radius 2 is 1.90 bits per heavy atom. The van der Waals surface area contributed by atoms with Crippen LogP contribution in [0.3, 0.4) is 0 Å². The number of halogens is 2. The standard InChI is InChI=1S/C17H23F2N/c1-10-5-6-12(18)15(14(10)19)20-13-9-11-7-8-17(13,4)16(11,2)3/h5-6,11,13,20H,7-9H2,1-4H3. The molecule has 0 aromatic heterocycles. The SMILES string of the molecule is Cc1ccc(F)c(NC2CC3CCC2(C)C3(C)C)c1F. The molecule has 3 rings (SSSR count). The Hall–Kier alpha value is -1.12. The lowest BCUT2D eigenvalue weighted by atomic mass is 9.69. The molecule has 0 spiro atoms. The highest BCUT2D eigenvalue weighted by Crippen LogP contribution is 2.65. The molecule has 20 heavy (non-hydrogen) atoms. The molecular weight excluding hydrogens is 256 g/mol. The van der Waals surface area contributed by atoms with E-state index in [0.29, 0.717) is 11.5 Å². The Labute approximate surface area is 119 Å². The minimum absolute atomic E-state index is 0.0552. The van der Waals surface area contributed by atoms with Gasteiger partial charge in [0.1, 0.15) is 11.5 Å². The summed E-state index contributed by atoms with van der Waals surface area (Å²) >= 11 is 0. The average Bonchev–Trinajstić information content (AvgIpc) is 2.72. The Morgan fingerprint density at radius 1 is 1.20 bits per heavy atom. The van der Waals surface area contributed by atoms with Crippen molar-refractivity contribution in [3.05, 3.63) is 29.3 Å². The van der Waals surface area contributed by atoms with Crippen LogP contribution in [0.4, 0.5) is 14.5 Å². The first-order valence-corrected chi connectivity index (χ1v) is 7.48. The summed E-state index contributed by atoms with van der Waals surface area (Å²) in [6.45, 7) is 8.54. The van der Waals surface area contributed by atoms with Gasteiger partial charge in [0, 0.05) is 6.04 Å². The zero-order valence-electron chi connectivity index (χ0n) is 12.7. The van der Waals surface area contributed by atoms with Crippen LogP contribution in [0.25, 0.3) is 0 Å².